The summed E-state index contributed by atoms with van der Waals surface area (Å²) in [7, 11) is 0. The van der Waals surface area contributed by atoms with Gasteiger partial charge in [-0.1, -0.05) is 49.2 Å². The van der Waals surface area contributed by atoms with Crippen LogP contribution in [0.3, 0.4) is 0 Å². The molecule has 1 aromatic carbocycles. The van der Waals surface area contributed by atoms with Crippen LogP contribution in [0.25, 0.3) is 5.69 Å². The molecule has 1 heterocycles. The van der Waals surface area contributed by atoms with Crippen molar-refractivity contribution in [2.24, 2.45) is 0 Å². The number of aryl methyl sites for hydroxylation is 2. The molecule has 3 rings (SSSR count). The van der Waals surface area contributed by atoms with Gasteiger partial charge in [0.05, 0.1) is 11.4 Å². The SMILES string of the molecule is Cc1ccccc1-n1c(C)nnc1SCC(=O)NC1CCCCC1. The first-order chi connectivity index (χ1) is 11.6. The van der Waals surface area contributed by atoms with Crippen LogP contribution in [-0.4, -0.2) is 32.5 Å². The third kappa shape index (κ3) is 3.98. The number of amides is 1. The van der Waals surface area contributed by atoms with E-state index in [0.29, 0.717) is 11.8 Å². The normalized spacial score (nSPS) is 15.4. The summed E-state index contributed by atoms with van der Waals surface area (Å²) in [6.07, 6.45) is 5.95. The van der Waals surface area contributed by atoms with E-state index < -0.39 is 0 Å². The van der Waals surface area contributed by atoms with Crippen LogP contribution < -0.4 is 5.32 Å². The number of aromatic nitrogens is 3. The van der Waals surface area contributed by atoms with Crippen molar-refractivity contribution in [1.29, 1.82) is 0 Å². The number of thioether (sulfide) groups is 1. The molecule has 1 aliphatic carbocycles. The zero-order valence-electron chi connectivity index (χ0n) is 14.3. The van der Waals surface area contributed by atoms with Gasteiger partial charge in [0.25, 0.3) is 0 Å². The van der Waals surface area contributed by atoms with Crippen LogP contribution in [-0.2, 0) is 4.79 Å². The molecule has 0 bridgehead atoms. The Hall–Kier alpha value is -1.82. The zero-order chi connectivity index (χ0) is 16.9. The molecule has 0 aliphatic heterocycles. The summed E-state index contributed by atoms with van der Waals surface area (Å²) >= 11 is 1.45. The molecule has 128 valence electrons. The fourth-order valence-electron chi connectivity index (χ4n) is 3.17. The van der Waals surface area contributed by atoms with E-state index in [-0.39, 0.29) is 5.91 Å². The summed E-state index contributed by atoms with van der Waals surface area (Å²) in [4.78, 5) is 12.2. The van der Waals surface area contributed by atoms with Crippen molar-refractivity contribution in [1.82, 2.24) is 20.1 Å². The lowest BCUT2D eigenvalue weighted by atomic mass is 9.95. The molecule has 0 unspecified atom stereocenters. The molecule has 0 atom stereocenters. The molecule has 0 spiro atoms. The molecule has 6 heteroatoms. The Kier molecular flexibility index (Phi) is 5.56. The first kappa shape index (κ1) is 17.0. The summed E-state index contributed by atoms with van der Waals surface area (Å²) in [5.74, 6) is 1.30. The molecule has 1 aromatic heterocycles. The Morgan fingerprint density at radius 2 is 1.96 bits per heavy atom. The van der Waals surface area contributed by atoms with Crippen LogP contribution in [0.2, 0.25) is 0 Å². The standard InChI is InChI=1S/C18H24N4OS/c1-13-8-6-7-11-16(13)22-14(2)20-21-18(22)24-12-17(23)19-15-9-4-3-5-10-15/h6-8,11,15H,3-5,9-10,12H2,1-2H3,(H,19,23). The number of carbonyl (C=O) groups excluding carboxylic acids is 1. The predicted octanol–water partition coefficient (Wildman–Crippen LogP) is 3.43. The number of carbonyl (C=O) groups is 1. The number of nitrogens with one attached hydrogen (secondary N) is 1. The molecule has 1 amide bonds. The molecule has 1 aliphatic rings. The van der Waals surface area contributed by atoms with Crippen molar-refractivity contribution in [3.8, 4) is 5.69 Å². The van der Waals surface area contributed by atoms with E-state index in [1.54, 1.807) is 0 Å². The maximum atomic E-state index is 12.2. The van der Waals surface area contributed by atoms with Crippen molar-refractivity contribution in [3.05, 3.63) is 35.7 Å². The smallest absolute Gasteiger partial charge is 0.230 e. The van der Waals surface area contributed by atoms with E-state index >= 15 is 0 Å². The zero-order valence-corrected chi connectivity index (χ0v) is 15.1. The average Bonchev–Trinajstić information content (AvgIpc) is 2.95. The van der Waals surface area contributed by atoms with Gasteiger partial charge in [0.15, 0.2) is 5.16 Å². The molecule has 5 nitrogen and oxygen atoms in total. The maximum Gasteiger partial charge on any atom is 0.230 e. The number of nitrogens with zero attached hydrogens (tertiary/aromatic N) is 3. The second kappa shape index (κ2) is 7.83. The minimum atomic E-state index is 0.0869. The molecule has 1 saturated carbocycles. The lowest BCUT2D eigenvalue weighted by molar-refractivity contribution is -0.119. The third-order valence-electron chi connectivity index (χ3n) is 4.45. The van der Waals surface area contributed by atoms with E-state index in [2.05, 4.69) is 34.6 Å². The molecular formula is C18H24N4OS. The van der Waals surface area contributed by atoms with Crippen LogP contribution in [0.15, 0.2) is 29.4 Å². The Labute approximate surface area is 147 Å². The minimum Gasteiger partial charge on any atom is -0.353 e. The van der Waals surface area contributed by atoms with Gasteiger partial charge in [-0.15, -0.1) is 10.2 Å². The quantitative estimate of drug-likeness (QED) is 0.844. The van der Waals surface area contributed by atoms with Crippen LogP contribution in [0, 0.1) is 13.8 Å². The van der Waals surface area contributed by atoms with E-state index in [1.807, 2.05) is 23.6 Å². The molecule has 0 radical (unpaired) electrons. The number of para-hydroxylation sites is 1. The van der Waals surface area contributed by atoms with Crippen molar-refractivity contribution in [3.63, 3.8) is 0 Å². The monoisotopic (exact) mass is 344 g/mol. The number of benzene rings is 1. The fraction of sp³-hybridized carbons (Fsp3) is 0.500. The van der Waals surface area contributed by atoms with Crippen molar-refractivity contribution in [2.45, 2.75) is 57.1 Å². The van der Waals surface area contributed by atoms with Gasteiger partial charge in [-0.3, -0.25) is 9.36 Å². The van der Waals surface area contributed by atoms with E-state index in [9.17, 15) is 4.79 Å². The van der Waals surface area contributed by atoms with Crippen LogP contribution in [0.4, 0.5) is 0 Å². The summed E-state index contributed by atoms with van der Waals surface area (Å²) in [5.41, 5.74) is 2.23. The highest BCUT2D eigenvalue weighted by Gasteiger charge is 2.18. The summed E-state index contributed by atoms with van der Waals surface area (Å²) in [5, 5.41) is 12.3. The van der Waals surface area contributed by atoms with E-state index in [4.69, 9.17) is 0 Å². The lowest BCUT2D eigenvalue weighted by Crippen LogP contribution is -2.37. The maximum absolute atomic E-state index is 12.2. The molecule has 1 N–H and O–H groups in total. The Bertz CT molecular complexity index is 707. The molecule has 0 saturated heterocycles. The average molecular weight is 344 g/mol. The van der Waals surface area contributed by atoms with Gasteiger partial charge in [-0.05, 0) is 38.3 Å². The highest BCUT2D eigenvalue weighted by Crippen LogP contribution is 2.24. The second-order valence-electron chi connectivity index (χ2n) is 6.34. The third-order valence-corrected chi connectivity index (χ3v) is 5.38. The lowest BCUT2D eigenvalue weighted by Gasteiger charge is -2.22. The van der Waals surface area contributed by atoms with Crippen molar-refractivity contribution in [2.75, 3.05) is 5.75 Å². The largest absolute Gasteiger partial charge is 0.353 e. The fourth-order valence-corrected chi connectivity index (χ4v) is 3.98. The first-order valence-electron chi connectivity index (χ1n) is 8.55. The number of rotatable bonds is 5. The molecule has 1 fully saturated rings. The predicted molar refractivity (Wildman–Crippen MR) is 96.6 cm³/mol. The summed E-state index contributed by atoms with van der Waals surface area (Å²) in [6.45, 7) is 4.00. The van der Waals surface area contributed by atoms with Gasteiger partial charge < -0.3 is 5.32 Å². The minimum absolute atomic E-state index is 0.0869. The van der Waals surface area contributed by atoms with Crippen molar-refractivity contribution >= 4 is 17.7 Å². The number of hydrogen-bond donors (Lipinski definition) is 1. The van der Waals surface area contributed by atoms with E-state index in [1.165, 1.54) is 31.0 Å². The Balaban J connectivity index is 1.66. The van der Waals surface area contributed by atoms with Crippen LogP contribution >= 0.6 is 11.8 Å². The highest BCUT2D eigenvalue weighted by atomic mass is 32.2. The Morgan fingerprint density at radius 1 is 1.21 bits per heavy atom. The Morgan fingerprint density at radius 3 is 2.71 bits per heavy atom. The van der Waals surface area contributed by atoms with Gasteiger partial charge in [0.2, 0.25) is 5.91 Å². The second-order valence-corrected chi connectivity index (χ2v) is 7.29. The van der Waals surface area contributed by atoms with E-state index in [0.717, 1.165) is 35.1 Å². The van der Waals surface area contributed by atoms with Crippen LogP contribution in [0.5, 0.6) is 0 Å². The van der Waals surface area contributed by atoms with Gasteiger partial charge in [0.1, 0.15) is 5.82 Å². The first-order valence-corrected chi connectivity index (χ1v) is 9.54. The topological polar surface area (TPSA) is 59.8 Å². The molecule has 24 heavy (non-hydrogen) atoms. The van der Waals surface area contributed by atoms with Crippen LogP contribution in [0.1, 0.15) is 43.5 Å². The van der Waals surface area contributed by atoms with Gasteiger partial charge >= 0.3 is 0 Å². The molecule has 2 aromatic rings. The van der Waals surface area contributed by atoms with Gasteiger partial charge in [-0.2, -0.15) is 0 Å². The summed E-state index contributed by atoms with van der Waals surface area (Å²) < 4.78 is 2.02. The number of hydrogen-bond acceptors (Lipinski definition) is 4. The van der Waals surface area contributed by atoms with Crippen molar-refractivity contribution < 1.29 is 4.79 Å². The molecular weight excluding hydrogens is 320 g/mol. The van der Waals surface area contributed by atoms with Gasteiger partial charge in [0, 0.05) is 6.04 Å². The highest BCUT2D eigenvalue weighted by molar-refractivity contribution is 7.99. The summed E-state index contributed by atoms with van der Waals surface area (Å²) in [6, 6.07) is 8.49. The van der Waals surface area contributed by atoms with Gasteiger partial charge in [-0.25, -0.2) is 0 Å².